The fourth-order valence-electron chi connectivity index (χ4n) is 8.29. The third-order valence-electron chi connectivity index (χ3n) is 11.1. The number of carboxylic acids is 1. The third kappa shape index (κ3) is 7.33. The van der Waals surface area contributed by atoms with E-state index in [4.69, 9.17) is 33.2 Å². The Bertz CT molecular complexity index is 2350. The summed E-state index contributed by atoms with van der Waals surface area (Å²) in [6, 6.07) is 31.6. The molecule has 0 bridgehead atoms. The molecule has 0 aromatic heterocycles. The van der Waals surface area contributed by atoms with Gasteiger partial charge in [-0.05, 0) is 35.4 Å². The average Bonchev–Trinajstić information content (AvgIpc) is 3.28. The van der Waals surface area contributed by atoms with Gasteiger partial charge in [0.2, 0.25) is 11.6 Å². The van der Waals surface area contributed by atoms with Crippen LogP contribution >= 0.6 is 23.5 Å². The van der Waals surface area contributed by atoms with Crippen LogP contribution in [-0.4, -0.2) is 92.5 Å². The zero-order chi connectivity index (χ0) is 41.3. The molecule has 4 N–H and O–H groups in total. The van der Waals surface area contributed by atoms with E-state index in [-0.39, 0.29) is 57.9 Å². The van der Waals surface area contributed by atoms with Crippen LogP contribution in [0.2, 0.25) is 0 Å². The summed E-state index contributed by atoms with van der Waals surface area (Å²) < 4.78 is 45.1. The highest BCUT2D eigenvalue weighted by molar-refractivity contribution is 8.00. The van der Waals surface area contributed by atoms with Crippen molar-refractivity contribution in [3.05, 3.63) is 136 Å². The summed E-state index contributed by atoms with van der Waals surface area (Å²) in [5.41, 5.74) is 5.95. The number of carbonyl (C=O) groups is 1. The number of fused-ring (bicyclic) bond motifs is 8. The van der Waals surface area contributed by atoms with Gasteiger partial charge < -0.3 is 53.6 Å². The van der Waals surface area contributed by atoms with E-state index in [1.165, 1.54) is 23.5 Å². The van der Waals surface area contributed by atoms with Gasteiger partial charge in [0.1, 0.15) is 25.6 Å². The van der Waals surface area contributed by atoms with Gasteiger partial charge in [0.25, 0.3) is 0 Å². The largest absolute Gasteiger partial charge is 0.490 e. The van der Waals surface area contributed by atoms with Crippen molar-refractivity contribution in [2.24, 2.45) is 0 Å². The van der Waals surface area contributed by atoms with E-state index in [0.717, 1.165) is 48.1 Å². The smallest absolute Gasteiger partial charge is 0.307 e. The monoisotopic (exact) mass is 852 g/mol. The fourth-order valence-corrected chi connectivity index (χ4v) is 10.8. The molecular weight excluding hydrogens is 809 g/mol. The first-order valence-corrected chi connectivity index (χ1v) is 21.5. The Morgan fingerprint density at radius 3 is 1.52 bits per heavy atom. The van der Waals surface area contributed by atoms with Crippen molar-refractivity contribution in [1.29, 1.82) is 0 Å². The molecule has 0 radical (unpaired) electrons. The minimum Gasteiger partial charge on any atom is -0.490 e. The summed E-state index contributed by atoms with van der Waals surface area (Å²) in [5.74, 6) is -2.15. The highest BCUT2D eigenvalue weighted by Gasteiger charge is 2.50. The van der Waals surface area contributed by atoms with Crippen molar-refractivity contribution < 1.29 is 58.4 Å². The molecule has 0 unspecified atom stereocenters. The second-order valence-corrected chi connectivity index (χ2v) is 16.8. The lowest BCUT2D eigenvalue weighted by Gasteiger charge is -2.45. The number of aliphatic carboxylic acids is 1. The Balaban J connectivity index is 0.941. The van der Waals surface area contributed by atoms with Crippen LogP contribution in [0.25, 0.3) is 0 Å². The van der Waals surface area contributed by atoms with Gasteiger partial charge in [-0.1, -0.05) is 96.3 Å². The normalized spacial score (nSPS) is 22.6. The molecule has 2 fully saturated rings. The Morgan fingerprint density at radius 2 is 1.02 bits per heavy atom. The molecule has 4 aliphatic heterocycles. The van der Waals surface area contributed by atoms with Crippen molar-refractivity contribution in [1.82, 2.24) is 0 Å². The highest BCUT2D eigenvalue weighted by atomic mass is 32.2. The summed E-state index contributed by atoms with van der Waals surface area (Å²) in [7, 11) is 0. The van der Waals surface area contributed by atoms with Crippen molar-refractivity contribution in [2.75, 3.05) is 66.1 Å². The minimum atomic E-state index is -1.23. The predicted octanol–water partition coefficient (Wildman–Crippen LogP) is 6.42. The number of hydrogen-bond acceptors (Lipinski definition) is 13. The summed E-state index contributed by atoms with van der Waals surface area (Å²) in [6.07, 6.45) is -0.226. The molecule has 5 aromatic rings. The number of hydrogen-bond donors (Lipinski definition) is 4. The van der Waals surface area contributed by atoms with Gasteiger partial charge in [-0.25, -0.2) is 0 Å². The van der Waals surface area contributed by atoms with Crippen LogP contribution in [0, 0.1) is 0 Å². The van der Waals surface area contributed by atoms with Crippen molar-refractivity contribution in [3.8, 4) is 17.2 Å². The maximum atomic E-state index is 11.8. The van der Waals surface area contributed by atoms with E-state index in [9.17, 15) is 25.2 Å². The number of aliphatic hydroxyl groups is 3. The molecule has 0 aliphatic carbocycles. The van der Waals surface area contributed by atoms with E-state index in [1.807, 2.05) is 60.7 Å². The van der Waals surface area contributed by atoms with E-state index in [2.05, 4.69) is 24.3 Å². The van der Waals surface area contributed by atoms with Crippen LogP contribution in [-0.2, 0) is 41.7 Å². The molecule has 5 aromatic carbocycles. The molecular formula is C46H44O12S2. The molecule has 312 valence electrons. The standard InChI is InChI=1S/C46H44O12S2/c47-17-20-52-37-16-15-36-44(42(37)54-22-19-49)60-39-8-4-2-6-34(39)46(36)57-26-32(27-58-46)29-11-9-28(10-12-29)31-24-55-45(56-25-31)33-5-1-3-7-38(33)59-43-35(45)14-13-30(23-40(50)51)41(43)53-21-18-48/h1-16,31-32,47-49H,17-27H2,(H,50,51). The summed E-state index contributed by atoms with van der Waals surface area (Å²) in [5, 5.41) is 38.3. The molecule has 2 spiro atoms. The number of aliphatic hydroxyl groups excluding tert-OH is 3. The third-order valence-corrected chi connectivity index (χ3v) is 13.5. The first kappa shape index (κ1) is 40.8. The Kier molecular flexibility index (Phi) is 11.8. The van der Waals surface area contributed by atoms with Gasteiger partial charge in [0.15, 0.2) is 11.5 Å². The molecule has 4 heterocycles. The van der Waals surface area contributed by atoms with E-state index < -0.39 is 17.5 Å². The second-order valence-electron chi connectivity index (χ2n) is 14.7. The maximum Gasteiger partial charge on any atom is 0.307 e. The molecule has 14 heteroatoms. The molecule has 0 amide bonds. The topological polar surface area (TPSA) is 163 Å². The second kappa shape index (κ2) is 17.4. The zero-order valence-corrected chi connectivity index (χ0v) is 34.2. The van der Waals surface area contributed by atoms with Gasteiger partial charge in [0, 0.05) is 49.4 Å². The van der Waals surface area contributed by atoms with Crippen LogP contribution in [0.3, 0.4) is 0 Å². The van der Waals surface area contributed by atoms with E-state index in [1.54, 1.807) is 12.1 Å². The number of rotatable bonds is 13. The van der Waals surface area contributed by atoms with E-state index >= 15 is 0 Å². The summed E-state index contributed by atoms with van der Waals surface area (Å²) in [6.45, 7) is 1.16. The molecule has 9 rings (SSSR count). The lowest BCUT2D eigenvalue weighted by atomic mass is 9.90. The highest BCUT2D eigenvalue weighted by Crippen LogP contribution is 2.58. The molecule has 4 aliphatic rings. The fraction of sp³-hybridized carbons (Fsp3) is 0.326. The first-order valence-electron chi connectivity index (χ1n) is 19.9. The number of ether oxygens (including phenoxy) is 7. The predicted molar refractivity (Wildman–Crippen MR) is 220 cm³/mol. The molecule has 12 nitrogen and oxygen atoms in total. The number of carboxylic acid groups (broad SMARTS) is 1. The molecule has 60 heavy (non-hydrogen) atoms. The number of benzene rings is 5. The van der Waals surface area contributed by atoms with Gasteiger partial charge in [-0.15, -0.1) is 0 Å². The lowest BCUT2D eigenvalue weighted by Crippen LogP contribution is -2.44. The van der Waals surface area contributed by atoms with Gasteiger partial charge in [-0.3, -0.25) is 4.79 Å². The Hall–Kier alpha value is -4.61. The molecule has 2 saturated heterocycles. The van der Waals surface area contributed by atoms with Crippen LogP contribution in [0.5, 0.6) is 17.2 Å². The van der Waals surface area contributed by atoms with E-state index in [0.29, 0.717) is 54.1 Å². The summed E-state index contributed by atoms with van der Waals surface area (Å²) in [4.78, 5) is 15.1. The van der Waals surface area contributed by atoms with Gasteiger partial charge >= 0.3 is 5.97 Å². The van der Waals surface area contributed by atoms with Crippen LogP contribution in [0.4, 0.5) is 0 Å². The minimum absolute atomic E-state index is 0.0187. The maximum absolute atomic E-state index is 11.8. The summed E-state index contributed by atoms with van der Waals surface area (Å²) >= 11 is 3.01. The van der Waals surface area contributed by atoms with Gasteiger partial charge in [-0.2, -0.15) is 0 Å². The Morgan fingerprint density at radius 1 is 0.567 bits per heavy atom. The SMILES string of the molecule is O=C(O)Cc1ccc2c(c1OCCO)Sc1ccccc1C21OCC(c2ccc(C3COC4(OC3)c3ccccc3Sc3c4ccc(OCCO)c3OCCO)cc2)CO1. The lowest BCUT2D eigenvalue weighted by molar-refractivity contribution is -0.260. The van der Waals surface area contributed by atoms with Crippen molar-refractivity contribution in [2.45, 2.75) is 49.4 Å². The van der Waals surface area contributed by atoms with Gasteiger partial charge in [0.05, 0.1) is 62.5 Å². The van der Waals surface area contributed by atoms with Crippen LogP contribution in [0.15, 0.2) is 117 Å². The van der Waals surface area contributed by atoms with Crippen molar-refractivity contribution in [3.63, 3.8) is 0 Å². The first-order chi connectivity index (χ1) is 29.4. The van der Waals surface area contributed by atoms with Crippen molar-refractivity contribution >= 4 is 29.5 Å². The Labute approximate surface area is 355 Å². The quantitative estimate of drug-likeness (QED) is 0.103. The molecule has 0 saturated carbocycles. The molecule has 0 atom stereocenters. The van der Waals surface area contributed by atoms with Crippen LogP contribution in [0.1, 0.15) is 50.8 Å². The average molecular weight is 853 g/mol. The zero-order valence-electron chi connectivity index (χ0n) is 32.5. The van der Waals surface area contributed by atoms with Crippen LogP contribution < -0.4 is 14.2 Å².